The van der Waals surface area contributed by atoms with E-state index in [2.05, 4.69) is 4.72 Å². The first-order valence-electron chi connectivity index (χ1n) is 5.40. The molecule has 0 radical (unpaired) electrons. The average Bonchev–Trinajstić information content (AvgIpc) is 2.40. The summed E-state index contributed by atoms with van der Waals surface area (Å²) in [4.78, 5) is 0.158. The lowest BCUT2D eigenvalue weighted by molar-refractivity contribution is 0.288. The molecule has 0 atom stereocenters. The van der Waals surface area contributed by atoms with Crippen LogP contribution in [0.25, 0.3) is 11.1 Å². The van der Waals surface area contributed by atoms with Gasteiger partial charge in [0.2, 0.25) is 10.0 Å². The van der Waals surface area contributed by atoms with Gasteiger partial charge in [-0.05, 0) is 11.6 Å². The van der Waals surface area contributed by atoms with Gasteiger partial charge >= 0.3 is 0 Å². The third kappa shape index (κ3) is 2.59. The fourth-order valence-corrected chi connectivity index (χ4v) is 2.78. The monoisotopic (exact) mass is 263 g/mol. The molecule has 0 aliphatic heterocycles. The molecule has 0 unspecified atom stereocenters. The first-order valence-corrected chi connectivity index (χ1v) is 6.88. The minimum atomic E-state index is -3.69. The summed E-state index contributed by atoms with van der Waals surface area (Å²) in [7, 11) is -3.69. The van der Waals surface area contributed by atoms with Crippen molar-refractivity contribution in [3.8, 4) is 11.1 Å². The summed E-state index contributed by atoms with van der Waals surface area (Å²) in [5.41, 5.74) is 1.43. The van der Waals surface area contributed by atoms with E-state index in [1.807, 2.05) is 30.3 Å². The predicted octanol–water partition coefficient (Wildman–Crippen LogP) is 1.58. The molecule has 94 valence electrons. The number of hydrogen-bond acceptors (Lipinski definition) is 3. The van der Waals surface area contributed by atoms with Gasteiger partial charge in [0.05, 0.1) is 4.90 Å². The Labute approximate surface area is 106 Å². The molecule has 2 rings (SSSR count). The van der Waals surface area contributed by atoms with Crippen molar-refractivity contribution in [1.82, 2.24) is 4.72 Å². The Morgan fingerprint density at radius 1 is 0.944 bits per heavy atom. The fraction of sp³-hybridized carbons (Fsp3) is 0.0769. The highest BCUT2D eigenvalue weighted by Gasteiger charge is 2.17. The van der Waals surface area contributed by atoms with E-state index in [1.54, 1.807) is 18.2 Å². The second-order valence-corrected chi connectivity index (χ2v) is 5.40. The minimum Gasteiger partial charge on any atom is -0.380 e. The molecule has 2 aromatic rings. The van der Waals surface area contributed by atoms with Gasteiger partial charge in [0, 0.05) is 5.56 Å². The molecule has 0 bridgehead atoms. The molecule has 5 heteroatoms. The largest absolute Gasteiger partial charge is 0.380 e. The molecule has 0 fully saturated rings. The Bertz CT molecular complexity index is 624. The summed E-state index contributed by atoms with van der Waals surface area (Å²) < 4.78 is 26.0. The van der Waals surface area contributed by atoms with Crippen LogP contribution in [0, 0.1) is 0 Å². The smallest absolute Gasteiger partial charge is 0.243 e. The molecule has 0 aliphatic carbocycles. The van der Waals surface area contributed by atoms with Crippen molar-refractivity contribution in [2.45, 2.75) is 4.90 Å². The van der Waals surface area contributed by atoms with Crippen LogP contribution in [0.5, 0.6) is 0 Å². The number of rotatable bonds is 4. The Kier molecular flexibility index (Phi) is 3.76. The van der Waals surface area contributed by atoms with E-state index in [0.29, 0.717) is 5.56 Å². The fourth-order valence-electron chi connectivity index (χ4n) is 1.72. The molecule has 0 aromatic heterocycles. The Balaban J connectivity index is 2.58. The van der Waals surface area contributed by atoms with Crippen molar-refractivity contribution in [1.29, 1.82) is 0 Å². The molecule has 0 amide bonds. The number of aliphatic hydroxyl groups excluding tert-OH is 1. The van der Waals surface area contributed by atoms with Crippen LogP contribution < -0.4 is 4.72 Å². The maximum atomic E-state index is 12.0. The van der Waals surface area contributed by atoms with E-state index in [9.17, 15) is 8.42 Å². The second kappa shape index (κ2) is 5.30. The lowest BCUT2D eigenvalue weighted by Crippen LogP contribution is -2.24. The Morgan fingerprint density at radius 2 is 1.56 bits per heavy atom. The van der Waals surface area contributed by atoms with E-state index < -0.39 is 16.8 Å². The van der Waals surface area contributed by atoms with E-state index in [4.69, 9.17) is 5.11 Å². The first kappa shape index (κ1) is 12.8. The van der Waals surface area contributed by atoms with Crippen molar-refractivity contribution >= 4 is 10.0 Å². The molecule has 0 heterocycles. The third-order valence-electron chi connectivity index (χ3n) is 2.52. The van der Waals surface area contributed by atoms with E-state index in [1.165, 1.54) is 6.07 Å². The van der Waals surface area contributed by atoms with Gasteiger partial charge in [-0.3, -0.25) is 0 Å². The molecule has 2 aromatic carbocycles. The molecule has 0 saturated carbocycles. The van der Waals surface area contributed by atoms with Crippen LogP contribution in [0.15, 0.2) is 59.5 Å². The van der Waals surface area contributed by atoms with Gasteiger partial charge in [-0.15, -0.1) is 0 Å². The van der Waals surface area contributed by atoms with Crippen LogP contribution >= 0.6 is 0 Å². The zero-order valence-electron chi connectivity index (χ0n) is 9.58. The number of hydrogen-bond donors (Lipinski definition) is 2. The van der Waals surface area contributed by atoms with E-state index in [-0.39, 0.29) is 4.90 Å². The molecule has 18 heavy (non-hydrogen) atoms. The summed E-state index contributed by atoms with van der Waals surface area (Å²) in [6.45, 7) is -0.620. The summed E-state index contributed by atoms with van der Waals surface area (Å²) >= 11 is 0. The number of nitrogens with one attached hydrogen (secondary N) is 1. The Morgan fingerprint density at radius 3 is 2.22 bits per heavy atom. The third-order valence-corrected chi connectivity index (χ3v) is 3.96. The van der Waals surface area contributed by atoms with Crippen molar-refractivity contribution in [3.63, 3.8) is 0 Å². The molecule has 0 spiro atoms. The maximum absolute atomic E-state index is 12.0. The van der Waals surface area contributed by atoms with E-state index >= 15 is 0 Å². The molecule has 4 nitrogen and oxygen atoms in total. The van der Waals surface area contributed by atoms with Crippen molar-refractivity contribution in [2.75, 3.05) is 6.73 Å². The lowest BCUT2D eigenvalue weighted by Gasteiger charge is -2.10. The SMILES string of the molecule is O=S(=O)(NCO)c1ccccc1-c1ccccc1. The van der Waals surface area contributed by atoms with E-state index in [0.717, 1.165) is 5.56 Å². The number of aliphatic hydroxyl groups is 1. The van der Waals surface area contributed by atoms with Crippen LogP contribution in [0.4, 0.5) is 0 Å². The van der Waals surface area contributed by atoms with Gasteiger partial charge < -0.3 is 5.11 Å². The Hall–Kier alpha value is -1.69. The summed E-state index contributed by atoms with van der Waals surface area (Å²) in [5, 5.41) is 8.73. The average molecular weight is 263 g/mol. The molecule has 0 saturated heterocycles. The normalized spacial score (nSPS) is 11.4. The standard InChI is InChI=1S/C13H13NO3S/c15-10-14-18(16,17)13-9-5-4-8-12(13)11-6-2-1-3-7-11/h1-9,14-15H,10H2. The molecular weight excluding hydrogens is 250 g/mol. The highest BCUT2D eigenvalue weighted by molar-refractivity contribution is 7.89. The molecule has 0 aliphatic rings. The zero-order chi connectivity index (χ0) is 13.0. The van der Waals surface area contributed by atoms with Gasteiger partial charge in [-0.1, -0.05) is 48.5 Å². The van der Waals surface area contributed by atoms with Crippen LogP contribution in [-0.2, 0) is 10.0 Å². The maximum Gasteiger partial charge on any atom is 0.243 e. The predicted molar refractivity (Wildman–Crippen MR) is 69.3 cm³/mol. The summed E-state index contributed by atoms with van der Waals surface area (Å²) in [6.07, 6.45) is 0. The highest BCUT2D eigenvalue weighted by Crippen LogP contribution is 2.26. The second-order valence-electron chi connectivity index (χ2n) is 3.67. The topological polar surface area (TPSA) is 66.4 Å². The van der Waals surface area contributed by atoms with Gasteiger partial charge in [-0.2, -0.15) is 4.72 Å². The van der Waals surface area contributed by atoms with Gasteiger partial charge in [0.25, 0.3) is 0 Å². The number of benzene rings is 2. The van der Waals surface area contributed by atoms with Crippen molar-refractivity contribution < 1.29 is 13.5 Å². The van der Waals surface area contributed by atoms with Crippen molar-refractivity contribution in [3.05, 3.63) is 54.6 Å². The lowest BCUT2D eigenvalue weighted by atomic mass is 10.1. The highest BCUT2D eigenvalue weighted by atomic mass is 32.2. The van der Waals surface area contributed by atoms with Crippen LogP contribution in [0.1, 0.15) is 0 Å². The number of sulfonamides is 1. The van der Waals surface area contributed by atoms with Gasteiger partial charge in [0.1, 0.15) is 6.73 Å². The zero-order valence-corrected chi connectivity index (χ0v) is 10.4. The van der Waals surface area contributed by atoms with Gasteiger partial charge in [0.15, 0.2) is 0 Å². The van der Waals surface area contributed by atoms with Crippen LogP contribution in [0.2, 0.25) is 0 Å². The van der Waals surface area contributed by atoms with Gasteiger partial charge in [-0.25, -0.2) is 8.42 Å². The first-order chi connectivity index (χ1) is 8.65. The summed E-state index contributed by atoms with van der Waals surface area (Å²) in [6, 6.07) is 15.9. The summed E-state index contributed by atoms with van der Waals surface area (Å²) in [5.74, 6) is 0. The molecule has 2 N–H and O–H groups in total. The van der Waals surface area contributed by atoms with Crippen molar-refractivity contribution in [2.24, 2.45) is 0 Å². The molecular formula is C13H13NO3S. The van der Waals surface area contributed by atoms with Crippen LogP contribution in [0.3, 0.4) is 0 Å². The minimum absolute atomic E-state index is 0.158. The quantitative estimate of drug-likeness (QED) is 0.823. The van der Waals surface area contributed by atoms with Crippen LogP contribution in [-0.4, -0.2) is 20.3 Å².